The number of hydrogen-bond acceptors (Lipinski definition) is 4. The third-order valence-corrected chi connectivity index (χ3v) is 3.50. The molecule has 0 bridgehead atoms. The van der Waals surface area contributed by atoms with Crippen molar-refractivity contribution in [3.8, 4) is 11.5 Å². The van der Waals surface area contributed by atoms with Gasteiger partial charge < -0.3 is 20.1 Å². The van der Waals surface area contributed by atoms with Gasteiger partial charge in [0.1, 0.15) is 11.5 Å². The molecule has 0 fully saturated rings. The number of rotatable bonds is 5. The highest BCUT2D eigenvalue weighted by Gasteiger charge is 2.17. The summed E-state index contributed by atoms with van der Waals surface area (Å²) < 4.78 is 10.2. The third-order valence-electron chi connectivity index (χ3n) is 3.50. The summed E-state index contributed by atoms with van der Waals surface area (Å²) in [4.78, 5) is 24.0. The van der Waals surface area contributed by atoms with E-state index < -0.39 is 11.8 Å². The van der Waals surface area contributed by atoms with E-state index in [4.69, 9.17) is 9.47 Å². The highest BCUT2D eigenvalue weighted by molar-refractivity contribution is 6.39. The lowest BCUT2D eigenvalue weighted by Crippen LogP contribution is -2.36. The fourth-order valence-electron chi connectivity index (χ4n) is 2.13. The van der Waals surface area contributed by atoms with Crippen molar-refractivity contribution in [3.05, 3.63) is 54.1 Å². The van der Waals surface area contributed by atoms with Gasteiger partial charge in [-0.3, -0.25) is 9.59 Å². The molecule has 0 saturated carbocycles. The Bertz CT molecular complexity index is 713. The summed E-state index contributed by atoms with van der Waals surface area (Å²) in [5.41, 5.74) is 1.37. The first-order chi connectivity index (χ1) is 11.5. The maximum Gasteiger partial charge on any atom is 0.313 e. The van der Waals surface area contributed by atoms with Gasteiger partial charge in [0.25, 0.3) is 0 Å². The molecular weight excluding hydrogens is 308 g/mol. The van der Waals surface area contributed by atoms with Gasteiger partial charge in [-0.25, -0.2) is 0 Å². The van der Waals surface area contributed by atoms with Crippen molar-refractivity contribution in [1.29, 1.82) is 0 Å². The number of amides is 2. The van der Waals surface area contributed by atoms with Crippen LogP contribution >= 0.6 is 0 Å². The Labute approximate surface area is 140 Å². The predicted molar refractivity (Wildman–Crippen MR) is 91.2 cm³/mol. The van der Waals surface area contributed by atoms with Crippen molar-refractivity contribution in [3.63, 3.8) is 0 Å². The Morgan fingerprint density at radius 1 is 0.917 bits per heavy atom. The van der Waals surface area contributed by atoms with Gasteiger partial charge in [-0.15, -0.1) is 0 Å². The van der Waals surface area contributed by atoms with E-state index in [-0.39, 0.29) is 6.04 Å². The molecule has 2 aromatic rings. The van der Waals surface area contributed by atoms with Gasteiger partial charge in [0.15, 0.2) is 0 Å². The van der Waals surface area contributed by atoms with Crippen molar-refractivity contribution in [2.45, 2.75) is 13.0 Å². The minimum absolute atomic E-state index is 0.306. The van der Waals surface area contributed by atoms with E-state index in [1.807, 2.05) is 12.1 Å². The van der Waals surface area contributed by atoms with Crippen LogP contribution in [0.4, 0.5) is 5.69 Å². The van der Waals surface area contributed by atoms with Gasteiger partial charge >= 0.3 is 11.8 Å². The molecular formula is C18H20N2O4. The summed E-state index contributed by atoms with van der Waals surface area (Å²) in [6.07, 6.45) is 0. The number of carbonyl (C=O) groups excluding carboxylic acids is 2. The molecule has 2 amide bonds. The highest BCUT2D eigenvalue weighted by Crippen LogP contribution is 2.18. The van der Waals surface area contributed by atoms with Crippen LogP contribution in [0.25, 0.3) is 0 Å². The lowest BCUT2D eigenvalue weighted by molar-refractivity contribution is -0.136. The normalized spacial score (nSPS) is 11.3. The molecule has 0 aliphatic rings. The zero-order chi connectivity index (χ0) is 17.5. The summed E-state index contributed by atoms with van der Waals surface area (Å²) in [5.74, 6) is -0.113. The first kappa shape index (κ1) is 17.3. The molecule has 0 aliphatic heterocycles. The van der Waals surface area contributed by atoms with Crippen LogP contribution in [0.2, 0.25) is 0 Å². The van der Waals surface area contributed by atoms with E-state index in [2.05, 4.69) is 10.6 Å². The van der Waals surface area contributed by atoms with E-state index >= 15 is 0 Å². The molecule has 2 N–H and O–H groups in total. The van der Waals surface area contributed by atoms with E-state index in [0.717, 1.165) is 11.3 Å². The first-order valence-corrected chi connectivity index (χ1v) is 7.43. The zero-order valence-electron chi connectivity index (χ0n) is 13.8. The summed E-state index contributed by atoms with van der Waals surface area (Å²) >= 11 is 0. The first-order valence-electron chi connectivity index (χ1n) is 7.43. The van der Waals surface area contributed by atoms with Gasteiger partial charge in [-0.05, 0) is 36.8 Å². The Morgan fingerprint density at radius 3 is 2.21 bits per heavy atom. The van der Waals surface area contributed by atoms with Crippen LogP contribution in [0.1, 0.15) is 18.5 Å². The molecule has 126 valence electrons. The second-order valence-corrected chi connectivity index (χ2v) is 5.15. The average molecular weight is 328 g/mol. The average Bonchev–Trinajstić information content (AvgIpc) is 2.61. The van der Waals surface area contributed by atoms with Crippen LogP contribution in [0.15, 0.2) is 48.5 Å². The lowest BCUT2D eigenvalue weighted by atomic mass is 10.1. The Hall–Kier alpha value is -3.02. The second kappa shape index (κ2) is 8.01. The van der Waals surface area contributed by atoms with Crippen LogP contribution < -0.4 is 20.1 Å². The van der Waals surface area contributed by atoms with Gasteiger partial charge in [-0.2, -0.15) is 0 Å². The molecule has 1 atom stereocenters. The minimum atomic E-state index is -0.733. The molecule has 1 unspecified atom stereocenters. The molecule has 6 nitrogen and oxygen atoms in total. The molecule has 0 aromatic heterocycles. The van der Waals surface area contributed by atoms with Crippen molar-refractivity contribution in [2.75, 3.05) is 19.5 Å². The standard InChI is InChI=1S/C18H20N2O4/c1-12(13-7-9-15(23-2)10-8-13)19-17(21)18(22)20-14-5-4-6-16(11-14)24-3/h4-12H,1-3H3,(H,19,21)(H,20,22). The highest BCUT2D eigenvalue weighted by atomic mass is 16.5. The van der Waals surface area contributed by atoms with E-state index in [0.29, 0.717) is 11.4 Å². The van der Waals surface area contributed by atoms with E-state index in [1.165, 1.54) is 7.11 Å². The number of ether oxygens (including phenoxy) is 2. The van der Waals surface area contributed by atoms with Gasteiger partial charge in [0, 0.05) is 11.8 Å². The second-order valence-electron chi connectivity index (χ2n) is 5.15. The Morgan fingerprint density at radius 2 is 1.58 bits per heavy atom. The summed E-state index contributed by atoms with van der Waals surface area (Å²) in [6.45, 7) is 1.80. The van der Waals surface area contributed by atoms with Crippen LogP contribution in [0.5, 0.6) is 11.5 Å². The molecule has 0 saturated heterocycles. The number of benzene rings is 2. The fraction of sp³-hybridized carbons (Fsp3) is 0.222. The van der Waals surface area contributed by atoms with Crippen molar-refractivity contribution in [2.24, 2.45) is 0 Å². The van der Waals surface area contributed by atoms with Crippen LogP contribution in [-0.2, 0) is 9.59 Å². The third kappa shape index (κ3) is 4.49. The topological polar surface area (TPSA) is 76.7 Å². The molecule has 0 spiro atoms. The Kier molecular flexibility index (Phi) is 5.78. The zero-order valence-corrected chi connectivity index (χ0v) is 13.8. The lowest BCUT2D eigenvalue weighted by Gasteiger charge is -2.14. The van der Waals surface area contributed by atoms with Crippen LogP contribution in [0.3, 0.4) is 0 Å². The van der Waals surface area contributed by atoms with Gasteiger partial charge in [0.2, 0.25) is 0 Å². The smallest absolute Gasteiger partial charge is 0.313 e. The summed E-state index contributed by atoms with van der Waals surface area (Å²) in [6, 6.07) is 13.8. The van der Waals surface area contributed by atoms with Crippen LogP contribution in [0, 0.1) is 0 Å². The fourth-order valence-corrected chi connectivity index (χ4v) is 2.13. The van der Waals surface area contributed by atoms with Crippen molar-refractivity contribution in [1.82, 2.24) is 5.32 Å². The SMILES string of the molecule is COc1ccc(C(C)NC(=O)C(=O)Nc2cccc(OC)c2)cc1. The molecule has 0 radical (unpaired) electrons. The minimum Gasteiger partial charge on any atom is -0.497 e. The largest absolute Gasteiger partial charge is 0.497 e. The van der Waals surface area contributed by atoms with Gasteiger partial charge in [-0.1, -0.05) is 18.2 Å². The van der Waals surface area contributed by atoms with Crippen molar-refractivity contribution >= 4 is 17.5 Å². The summed E-state index contributed by atoms with van der Waals surface area (Å²) in [7, 11) is 3.12. The Balaban J connectivity index is 1.95. The van der Waals surface area contributed by atoms with E-state index in [1.54, 1.807) is 50.4 Å². The molecule has 0 heterocycles. The van der Waals surface area contributed by atoms with Crippen LogP contribution in [-0.4, -0.2) is 26.0 Å². The maximum atomic E-state index is 12.0. The number of nitrogens with one attached hydrogen (secondary N) is 2. The number of hydrogen-bond donors (Lipinski definition) is 2. The number of anilines is 1. The van der Waals surface area contributed by atoms with E-state index in [9.17, 15) is 9.59 Å². The predicted octanol–water partition coefficient (Wildman–Crippen LogP) is 2.52. The molecule has 24 heavy (non-hydrogen) atoms. The number of methoxy groups -OCH3 is 2. The van der Waals surface area contributed by atoms with Crippen molar-refractivity contribution < 1.29 is 19.1 Å². The molecule has 6 heteroatoms. The monoisotopic (exact) mass is 328 g/mol. The number of carbonyl (C=O) groups is 2. The summed E-state index contributed by atoms with van der Waals surface area (Å²) in [5, 5.41) is 5.20. The maximum absolute atomic E-state index is 12.0. The molecule has 2 aromatic carbocycles. The molecule has 2 rings (SSSR count). The molecule has 0 aliphatic carbocycles. The quantitative estimate of drug-likeness (QED) is 0.827. The van der Waals surface area contributed by atoms with Gasteiger partial charge in [0.05, 0.1) is 20.3 Å².